The molecule has 0 unspecified atom stereocenters. The average Bonchev–Trinajstić information content (AvgIpc) is 3.06. The Hall–Kier alpha value is -3.11. The van der Waals surface area contributed by atoms with Crippen molar-refractivity contribution in [1.29, 1.82) is 0 Å². The van der Waals surface area contributed by atoms with Crippen LogP contribution < -0.4 is 5.32 Å². The molecule has 1 aliphatic heterocycles. The largest absolute Gasteiger partial charge is 0.455 e. The first kappa shape index (κ1) is 24.5. The Morgan fingerprint density at radius 2 is 2.06 bits per heavy atom. The van der Waals surface area contributed by atoms with E-state index in [2.05, 4.69) is 10.3 Å². The number of carbonyl (C=O) groups excluding carboxylic acids is 4. The average molecular weight is 486 g/mol. The summed E-state index contributed by atoms with van der Waals surface area (Å²) in [6.45, 7) is 3.61. The van der Waals surface area contributed by atoms with Crippen molar-refractivity contribution in [2.75, 3.05) is 25.4 Å². The van der Waals surface area contributed by atoms with Crippen molar-refractivity contribution in [3.63, 3.8) is 0 Å². The number of nitrogens with one attached hydrogen (secondary N) is 1. The highest BCUT2D eigenvalue weighted by Gasteiger charge is 2.34. The molecule has 0 atom stereocenters. The van der Waals surface area contributed by atoms with Crippen LogP contribution in [0.4, 0.5) is 4.79 Å². The van der Waals surface area contributed by atoms with Crippen LogP contribution in [0.15, 0.2) is 52.5 Å². The molecule has 1 aromatic heterocycles. The number of ether oxygens (including phenoxy) is 1. The molecule has 0 aliphatic carbocycles. The standard InChI is InChI=1S/C23H23N3O5S2/c1-15-5-6-16(2)18(10-15)32-14-21(28)31-13-20(27)25-8-9-26-22(29)19(33-23(26)30)11-17-4-3-7-24-12-17/h3-7,10-12H,8-9,13-14H2,1-2H3,(H,25,27)/b19-11-. The Bertz CT molecular complexity index is 1090. The number of thioether (sulfide) groups is 2. The van der Waals surface area contributed by atoms with Gasteiger partial charge in [-0.25, -0.2) is 0 Å². The minimum Gasteiger partial charge on any atom is -0.455 e. The van der Waals surface area contributed by atoms with E-state index in [1.165, 1.54) is 11.8 Å². The molecule has 1 N–H and O–H groups in total. The normalized spacial score (nSPS) is 14.6. The molecule has 33 heavy (non-hydrogen) atoms. The number of hydrogen-bond donors (Lipinski definition) is 1. The summed E-state index contributed by atoms with van der Waals surface area (Å²) in [5.41, 5.74) is 2.89. The molecule has 0 saturated carbocycles. The molecule has 3 rings (SSSR count). The number of rotatable bonds is 9. The second kappa shape index (κ2) is 11.7. The maximum atomic E-state index is 12.5. The van der Waals surface area contributed by atoms with Crippen molar-refractivity contribution < 1.29 is 23.9 Å². The summed E-state index contributed by atoms with van der Waals surface area (Å²) in [5, 5.41) is 2.15. The Kier molecular flexibility index (Phi) is 8.67. The van der Waals surface area contributed by atoms with Crippen LogP contribution in [-0.2, 0) is 19.1 Å². The van der Waals surface area contributed by atoms with Gasteiger partial charge in [-0.3, -0.25) is 29.1 Å². The second-order valence-electron chi connectivity index (χ2n) is 7.19. The summed E-state index contributed by atoms with van der Waals surface area (Å²) in [4.78, 5) is 54.8. The van der Waals surface area contributed by atoms with Gasteiger partial charge in [-0.2, -0.15) is 0 Å². The Morgan fingerprint density at radius 1 is 1.24 bits per heavy atom. The molecule has 10 heteroatoms. The molecular formula is C23H23N3O5S2. The van der Waals surface area contributed by atoms with Crippen molar-refractivity contribution in [3.8, 4) is 0 Å². The minimum absolute atomic E-state index is 0.0250. The van der Waals surface area contributed by atoms with E-state index in [9.17, 15) is 19.2 Å². The van der Waals surface area contributed by atoms with Gasteiger partial charge in [-0.05, 0) is 54.9 Å². The number of imide groups is 1. The Labute approximate surface area is 200 Å². The first-order chi connectivity index (χ1) is 15.8. The van der Waals surface area contributed by atoms with Gasteiger partial charge in [0.1, 0.15) is 0 Å². The fourth-order valence-electron chi connectivity index (χ4n) is 2.85. The number of benzene rings is 1. The third-order valence-electron chi connectivity index (χ3n) is 4.57. The van der Waals surface area contributed by atoms with E-state index in [4.69, 9.17) is 4.74 Å². The molecule has 0 spiro atoms. The fraction of sp³-hybridized carbons (Fsp3) is 0.261. The van der Waals surface area contributed by atoms with Crippen molar-refractivity contribution in [3.05, 3.63) is 64.3 Å². The summed E-state index contributed by atoms with van der Waals surface area (Å²) < 4.78 is 5.01. The van der Waals surface area contributed by atoms with Crippen molar-refractivity contribution in [2.24, 2.45) is 0 Å². The molecular weight excluding hydrogens is 462 g/mol. The van der Waals surface area contributed by atoms with Crippen LogP contribution in [0.25, 0.3) is 6.08 Å². The zero-order valence-electron chi connectivity index (χ0n) is 18.2. The van der Waals surface area contributed by atoms with E-state index in [1.54, 1.807) is 30.6 Å². The van der Waals surface area contributed by atoms with Gasteiger partial charge in [0, 0.05) is 30.4 Å². The third-order valence-corrected chi connectivity index (χ3v) is 6.61. The topological polar surface area (TPSA) is 106 Å². The van der Waals surface area contributed by atoms with Gasteiger partial charge in [0.25, 0.3) is 17.1 Å². The first-order valence-electron chi connectivity index (χ1n) is 10.1. The van der Waals surface area contributed by atoms with Crippen LogP contribution in [0.1, 0.15) is 16.7 Å². The van der Waals surface area contributed by atoms with Crippen molar-refractivity contribution >= 4 is 52.6 Å². The zero-order chi connectivity index (χ0) is 23.8. The maximum absolute atomic E-state index is 12.5. The molecule has 1 saturated heterocycles. The van der Waals surface area contributed by atoms with Crippen molar-refractivity contribution in [2.45, 2.75) is 18.7 Å². The molecule has 2 heterocycles. The fourth-order valence-corrected chi connectivity index (χ4v) is 4.64. The number of amides is 3. The van der Waals surface area contributed by atoms with Gasteiger partial charge in [0.05, 0.1) is 10.7 Å². The summed E-state index contributed by atoms with van der Waals surface area (Å²) >= 11 is 2.20. The molecule has 3 amide bonds. The van der Waals surface area contributed by atoms with Crippen LogP contribution >= 0.6 is 23.5 Å². The van der Waals surface area contributed by atoms with E-state index >= 15 is 0 Å². The molecule has 1 aliphatic rings. The van der Waals surface area contributed by atoms with E-state index in [0.29, 0.717) is 10.5 Å². The van der Waals surface area contributed by atoms with E-state index < -0.39 is 29.6 Å². The molecule has 0 radical (unpaired) electrons. The van der Waals surface area contributed by atoms with Gasteiger partial charge in [-0.15, -0.1) is 11.8 Å². The van der Waals surface area contributed by atoms with Crippen LogP contribution in [0, 0.1) is 13.8 Å². The number of pyridine rings is 1. The van der Waals surface area contributed by atoms with Gasteiger partial charge in [0.2, 0.25) is 0 Å². The van der Waals surface area contributed by atoms with E-state index in [1.807, 2.05) is 32.0 Å². The Balaban J connectivity index is 1.38. The van der Waals surface area contributed by atoms with Crippen LogP contribution in [-0.4, -0.2) is 58.4 Å². The minimum atomic E-state index is -0.502. The van der Waals surface area contributed by atoms with Gasteiger partial charge in [0.15, 0.2) is 6.61 Å². The number of aromatic nitrogens is 1. The molecule has 1 fully saturated rings. The lowest BCUT2D eigenvalue weighted by Crippen LogP contribution is -2.38. The molecule has 8 nitrogen and oxygen atoms in total. The van der Waals surface area contributed by atoms with Crippen LogP contribution in [0.3, 0.4) is 0 Å². The van der Waals surface area contributed by atoms with E-state index in [0.717, 1.165) is 32.7 Å². The predicted octanol–water partition coefficient (Wildman–Crippen LogP) is 3.19. The highest BCUT2D eigenvalue weighted by molar-refractivity contribution is 8.18. The summed E-state index contributed by atoms with van der Waals surface area (Å²) in [6.07, 6.45) is 4.81. The highest BCUT2D eigenvalue weighted by atomic mass is 32.2. The zero-order valence-corrected chi connectivity index (χ0v) is 19.8. The van der Waals surface area contributed by atoms with E-state index in [-0.39, 0.29) is 18.8 Å². The smallest absolute Gasteiger partial charge is 0.316 e. The SMILES string of the molecule is Cc1ccc(C)c(SCC(=O)OCC(=O)NCCN2C(=O)S/C(=C\c3cccnc3)C2=O)c1. The molecule has 1 aromatic carbocycles. The summed E-state index contributed by atoms with van der Waals surface area (Å²) in [5.74, 6) is -1.32. The monoisotopic (exact) mass is 485 g/mol. The number of esters is 1. The highest BCUT2D eigenvalue weighted by Crippen LogP contribution is 2.31. The van der Waals surface area contributed by atoms with Crippen molar-refractivity contribution in [1.82, 2.24) is 15.2 Å². The summed E-state index contributed by atoms with van der Waals surface area (Å²) in [6, 6.07) is 9.50. The van der Waals surface area contributed by atoms with Crippen LogP contribution in [0.5, 0.6) is 0 Å². The molecule has 172 valence electrons. The quantitative estimate of drug-likeness (QED) is 0.328. The number of nitrogens with zero attached hydrogens (tertiary/aromatic N) is 2. The lowest BCUT2D eigenvalue weighted by molar-refractivity contribution is -0.145. The third kappa shape index (κ3) is 7.19. The molecule has 2 aromatic rings. The van der Waals surface area contributed by atoms with Crippen LogP contribution in [0.2, 0.25) is 0 Å². The molecule has 0 bridgehead atoms. The lowest BCUT2D eigenvalue weighted by atomic mass is 10.2. The second-order valence-corrected chi connectivity index (χ2v) is 9.20. The lowest BCUT2D eigenvalue weighted by Gasteiger charge is -2.13. The predicted molar refractivity (Wildman–Crippen MR) is 128 cm³/mol. The summed E-state index contributed by atoms with van der Waals surface area (Å²) in [7, 11) is 0. The Morgan fingerprint density at radius 3 is 2.82 bits per heavy atom. The first-order valence-corrected chi connectivity index (χ1v) is 11.9. The van der Waals surface area contributed by atoms with Gasteiger partial charge < -0.3 is 10.1 Å². The maximum Gasteiger partial charge on any atom is 0.316 e. The number of aryl methyl sites for hydroxylation is 2. The number of hydrogen-bond acceptors (Lipinski definition) is 8. The van der Waals surface area contributed by atoms with Gasteiger partial charge >= 0.3 is 5.97 Å². The van der Waals surface area contributed by atoms with Gasteiger partial charge in [-0.1, -0.05) is 23.8 Å². The number of carbonyl (C=O) groups is 4.